The molecule has 1 aliphatic rings. The Kier molecular flexibility index (Phi) is 4.89. The molecule has 1 atom stereocenters. The number of rotatable bonds is 5. The van der Waals surface area contributed by atoms with E-state index in [1.165, 1.54) is 16.7 Å². The number of carboxylic acid groups (broad SMARTS) is 1. The van der Waals surface area contributed by atoms with Crippen molar-refractivity contribution in [2.24, 2.45) is 0 Å². The van der Waals surface area contributed by atoms with E-state index >= 15 is 0 Å². The monoisotopic (exact) mass is 295 g/mol. The van der Waals surface area contributed by atoms with Crippen LogP contribution in [0.5, 0.6) is 5.75 Å². The number of hydrogen-bond donors (Lipinski definition) is 1. The molecular formula is C14H17NO4S. The minimum atomic E-state index is -0.918. The second-order valence-corrected chi connectivity index (χ2v) is 5.54. The predicted molar refractivity (Wildman–Crippen MR) is 76.1 cm³/mol. The van der Waals surface area contributed by atoms with Crippen LogP contribution in [-0.4, -0.2) is 47.3 Å². The fourth-order valence-corrected chi connectivity index (χ4v) is 3.20. The Hall–Kier alpha value is -1.69. The molecule has 0 saturated carbocycles. The molecule has 0 radical (unpaired) electrons. The Morgan fingerprint density at radius 2 is 2.20 bits per heavy atom. The van der Waals surface area contributed by atoms with Crippen LogP contribution in [0, 0.1) is 0 Å². The Balaban J connectivity index is 1.97. The molecule has 1 heterocycles. The minimum Gasteiger partial charge on any atom is -0.496 e. The van der Waals surface area contributed by atoms with Gasteiger partial charge in [-0.3, -0.25) is 4.79 Å². The number of methoxy groups -OCH3 is 1. The number of aliphatic carboxylic acids is 1. The molecule has 108 valence electrons. The van der Waals surface area contributed by atoms with Gasteiger partial charge in [-0.2, -0.15) is 0 Å². The third-order valence-electron chi connectivity index (χ3n) is 3.28. The first-order valence-electron chi connectivity index (χ1n) is 6.41. The SMILES string of the molecule is COc1ccccc1SCC(=O)N1CCCC1C(=O)O. The average Bonchev–Trinajstić information content (AvgIpc) is 2.94. The standard InChI is InChI=1S/C14H17NO4S/c1-19-11-6-2-3-7-12(11)20-9-13(16)15-8-4-5-10(15)14(17)18/h2-3,6-7,10H,4-5,8-9H2,1H3,(H,17,18). The van der Waals surface area contributed by atoms with Crippen molar-refractivity contribution in [3.05, 3.63) is 24.3 Å². The summed E-state index contributed by atoms with van der Waals surface area (Å²) in [7, 11) is 1.59. The molecule has 1 unspecified atom stereocenters. The summed E-state index contributed by atoms with van der Waals surface area (Å²) >= 11 is 1.37. The number of nitrogens with zero attached hydrogens (tertiary/aromatic N) is 1. The van der Waals surface area contributed by atoms with Crippen molar-refractivity contribution in [3.63, 3.8) is 0 Å². The third-order valence-corrected chi connectivity index (χ3v) is 4.32. The van der Waals surface area contributed by atoms with Crippen LogP contribution in [0.1, 0.15) is 12.8 Å². The van der Waals surface area contributed by atoms with Crippen LogP contribution in [0.15, 0.2) is 29.2 Å². The summed E-state index contributed by atoms with van der Waals surface area (Å²) in [5, 5.41) is 9.08. The highest BCUT2D eigenvalue weighted by Gasteiger charge is 2.33. The third kappa shape index (κ3) is 3.25. The quantitative estimate of drug-likeness (QED) is 0.840. The van der Waals surface area contributed by atoms with Gasteiger partial charge in [0.1, 0.15) is 11.8 Å². The Bertz CT molecular complexity index is 506. The van der Waals surface area contributed by atoms with Crippen LogP contribution in [-0.2, 0) is 9.59 Å². The summed E-state index contributed by atoms with van der Waals surface area (Å²) in [6.45, 7) is 0.530. The van der Waals surface area contributed by atoms with Crippen LogP contribution >= 0.6 is 11.8 Å². The van der Waals surface area contributed by atoms with Crippen molar-refractivity contribution in [1.82, 2.24) is 4.90 Å². The molecule has 0 spiro atoms. The predicted octanol–water partition coefficient (Wildman–Crippen LogP) is 1.86. The van der Waals surface area contributed by atoms with E-state index < -0.39 is 12.0 Å². The number of likely N-dealkylation sites (tertiary alicyclic amines) is 1. The van der Waals surface area contributed by atoms with Crippen molar-refractivity contribution >= 4 is 23.6 Å². The lowest BCUT2D eigenvalue weighted by molar-refractivity contribution is -0.147. The fourth-order valence-electron chi connectivity index (χ4n) is 2.28. The first kappa shape index (κ1) is 14.7. The molecular weight excluding hydrogens is 278 g/mol. The molecule has 1 N–H and O–H groups in total. The number of amides is 1. The Labute approximate surface area is 121 Å². The molecule has 0 bridgehead atoms. The van der Waals surface area contributed by atoms with E-state index in [1.807, 2.05) is 24.3 Å². The van der Waals surface area contributed by atoms with Gasteiger partial charge >= 0.3 is 5.97 Å². The van der Waals surface area contributed by atoms with Crippen LogP contribution in [0.4, 0.5) is 0 Å². The van der Waals surface area contributed by atoms with Gasteiger partial charge in [0, 0.05) is 11.4 Å². The molecule has 1 fully saturated rings. The van der Waals surface area contributed by atoms with Gasteiger partial charge in [-0.25, -0.2) is 4.79 Å². The van der Waals surface area contributed by atoms with Crippen molar-refractivity contribution in [2.75, 3.05) is 19.4 Å². The highest BCUT2D eigenvalue weighted by molar-refractivity contribution is 8.00. The molecule has 1 amide bonds. The molecule has 0 aromatic heterocycles. The van der Waals surface area contributed by atoms with E-state index in [4.69, 9.17) is 9.84 Å². The van der Waals surface area contributed by atoms with Gasteiger partial charge in [-0.1, -0.05) is 12.1 Å². The number of carboxylic acids is 1. The molecule has 5 nitrogen and oxygen atoms in total. The lowest BCUT2D eigenvalue weighted by Crippen LogP contribution is -2.41. The second kappa shape index (κ2) is 6.65. The van der Waals surface area contributed by atoms with Gasteiger partial charge in [-0.05, 0) is 25.0 Å². The molecule has 1 aliphatic heterocycles. The summed E-state index contributed by atoms with van der Waals surface area (Å²) in [6, 6.07) is 6.80. The van der Waals surface area contributed by atoms with Gasteiger partial charge in [-0.15, -0.1) is 11.8 Å². The summed E-state index contributed by atoms with van der Waals surface area (Å²) in [4.78, 5) is 25.6. The molecule has 1 saturated heterocycles. The van der Waals surface area contributed by atoms with Crippen molar-refractivity contribution < 1.29 is 19.4 Å². The smallest absolute Gasteiger partial charge is 0.326 e. The summed E-state index contributed by atoms with van der Waals surface area (Å²) in [5.41, 5.74) is 0. The van der Waals surface area contributed by atoms with Crippen LogP contribution in [0.25, 0.3) is 0 Å². The largest absolute Gasteiger partial charge is 0.496 e. The van der Waals surface area contributed by atoms with E-state index in [1.54, 1.807) is 7.11 Å². The van der Waals surface area contributed by atoms with E-state index in [0.717, 1.165) is 17.1 Å². The molecule has 2 rings (SSSR count). The minimum absolute atomic E-state index is 0.134. The fraction of sp³-hybridized carbons (Fsp3) is 0.429. The van der Waals surface area contributed by atoms with Gasteiger partial charge in [0.05, 0.1) is 12.9 Å². The van der Waals surface area contributed by atoms with E-state index in [-0.39, 0.29) is 11.7 Å². The highest BCUT2D eigenvalue weighted by atomic mass is 32.2. The number of para-hydroxylation sites is 1. The first-order chi connectivity index (χ1) is 9.63. The van der Waals surface area contributed by atoms with Gasteiger partial charge < -0.3 is 14.7 Å². The number of benzene rings is 1. The number of thioether (sulfide) groups is 1. The topological polar surface area (TPSA) is 66.8 Å². The normalized spacial score (nSPS) is 18.1. The molecule has 20 heavy (non-hydrogen) atoms. The zero-order valence-electron chi connectivity index (χ0n) is 11.2. The van der Waals surface area contributed by atoms with Gasteiger partial charge in [0.25, 0.3) is 0 Å². The van der Waals surface area contributed by atoms with Gasteiger partial charge in [0.15, 0.2) is 0 Å². The van der Waals surface area contributed by atoms with Crippen molar-refractivity contribution in [3.8, 4) is 5.75 Å². The number of ether oxygens (including phenoxy) is 1. The van der Waals surface area contributed by atoms with Crippen molar-refractivity contribution in [1.29, 1.82) is 0 Å². The Morgan fingerprint density at radius 3 is 2.90 bits per heavy atom. The van der Waals surface area contributed by atoms with E-state index in [2.05, 4.69) is 0 Å². The lowest BCUT2D eigenvalue weighted by Gasteiger charge is -2.21. The lowest BCUT2D eigenvalue weighted by atomic mass is 10.2. The molecule has 0 aliphatic carbocycles. The maximum absolute atomic E-state index is 12.1. The zero-order valence-corrected chi connectivity index (χ0v) is 12.1. The molecule has 1 aromatic rings. The van der Waals surface area contributed by atoms with Crippen LogP contribution in [0.3, 0.4) is 0 Å². The zero-order chi connectivity index (χ0) is 14.5. The van der Waals surface area contributed by atoms with E-state index in [0.29, 0.717) is 13.0 Å². The summed E-state index contributed by atoms with van der Waals surface area (Å²) in [6.07, 6.45) is 1.29. The first-order valence-corrected chi connectivity index (χ1v) is 7.40. The van der Waals surface area contributed by atoms with E-state index in [9.17, 15) is 9.59 Å². The number of carbonyl (C=O) groups excluding carboxylic acids is 1. The second-order valence-electron chi connectivity index (χ2n) is 4.52. The van der Waals surface area contributed by atoms with Crippen molar-refractivity contribution in [2.45, 2.75) is 23.8 Å². The summed E-state index contributed by atoms with van der Waals surface area (Å²) < 4.78 is 5.22. The Morgan fingerprint density at radius 1 is 1.45 bits per heavy atom. The maximum atomic E-state index is 12.1. The highest BCUT2D eigenvalue weighted by Crippen LogP contribution is 2.29. The van der Waals surface area contributed by atoms with Crippen LogP contribution < -0.4 is 4.74 Å². The number of carbonyl (C=O) groups is 2. The molecule has 6 heteroatoms. The molecule has 1 aromatic carbocycles. The average molecular weight is 295 g/mol. The maximum Gasteiger partial charge on any atom is 0.326 e. The number of hydrogen-bond acceptors (Lipinski definition) is 4. The van der Waals surface area contributed by atoms with Crippen LogP contribution in [0.2, 0.25) is 0 Å². The summed E-state index contributed by atoms with van der Waals surface area (Å²) in [5.74, 6) is -0.102. The van der Waals surface area contributed by atoms with Gasteiger partial charge in [0.2, 0.25) is 5.91 Å².